The van der Waals surface area contributed by atoms with Gasteiger partial charge < -0.3 is 10.5 Å². The van der Waals surface area contributed by atoms with Gasteiger partial charge in [0.05, 0.1) is 11.1 Å². The van der Waals surface area contributed by atoms with Crippen molar-refractivity contribution in [3.8, 4) is 5.75 Å². The number of hydrogen-bond donors (Lipinski definition) is 1. The summed E-state index contributed by atoms with van der Waals surface area (Å²) >= 11 is 6.27. The second-order valence-electron chi connectivity index (χ2n) is 5.88. The summed E-state index contributed by atoms with van der Waals surface area (Å²) in [6, 6.07) is 14.1. The quantitative estimate of drug-likeness (QED) is 0.879. The van der Waals surface area contributed by atoms with E-state index in [1.807, 2.05) is 31.2 Å². The molecular weight excluding hydrogens is 282 g/mol. The van der Waals surface area contributed by atoms with Crippen molar-refractivity contribution in [1.29, 1.82) is 0 Å². The van der Waals surface area contributed by atoms with Gasteiger partial charge in [0.1, 0.15) is 11.9 Å². The Kier molecular flexibility index (Phi) is 3.92. The number of halogens is 1. The maximum absolute atomic E-state index is 6.41. The molecule has 3 unspecified atom stereocenters. The van der Waals surface area contributed by atoms with Gasteiger partial charge in [0.2, 0.25) is 0 Å². The van der Waals surface area contributed by atoms with Crippen LogP contribution in [0, 0.1) is 6.92 Å². The van der Waals surface area contributed by atoms with Crippen molar-refractivity contribution in [2.75, 3.05) is 0 Å². The van der Waals surface area contributed by atoms with Crippen LogP contribution in [0.3, 0.4) is 0 Å². The molecule has 0 amide bonds. The van der Waals surface area contributed by atoms with Gasteiger partial charge in [0, 0.05) is 0 Å². The highest BCUT2D eigenvalue weighted by atomic mass is 35.5. The van der Waals surface area contributed by atoms with Gasteiger partial charge in [0.15, 0.2) is 0 Å². The Morgan fingerprint density at radius 2 is 1.86 bits per heavy atom. The zero-order valence-corrected chi connectivity index (χ0v) is 13.1. The summed E-state index contributed by atoms with van der Waals surface area (Å²) in [4.78, 5) is 0. The molecule has 0 aromatic heterocycles. The van der Waals surface area contributed by atoms with Gasteiger partial charge >= 0.3 is 0 Å². The van der Waals surface area contributed by atoms with E-state index >= 15 is 0 Å². The summed E-state index contributed by atoms with van der Waals surface area (Å²) in [5.41, 5.74) is 10.1. The summed E-state index contributed by atoms with van der Waals surface area (Å²) < 4.78 is 6.12. The van der Waals surface area contributed by atoms with Gasteiger partial charge in [-0.2, -0.15) is 0 Å². The van der Waals surface area contributed by atoms with Crippen LogP contribution in [0.5, 0.6) is 5.75 Å². The van der Waals surface area contributed by atoms with Crippen LogP contribution in [0.2, 0.25) is 5.02 Å². The molecule has 2 aromatic carbocycles. The predicted molar refractivity (Wildman–Crippen MR) is 87.0 cm³/mol. The monoisotopic (exact) mass is 301 g/mol. The molecule has 0 fully saturated rings. The van der Waals surface area contributed by atoms with Crippen LogP contribution in [0.15, 0.2) is 42.5 Å². The lowest BCUT2D eigenvalue weighted by Gasteiger charge is -2.35. The topological polar surface area (TPSA) is 35.2 Å². The third-order valence-corrected chi connectivity index (χ3v) is 4.53. The van der Waals surface area contributed by atoms with Crippen LogP contribution < -0.4 is 10.5 Å². The van der Waals surface area contributed by atoms with Gasteiger partial charge in [-0.3, -0.25) is 0 Å². The fourth-order valence-electron chi connectivity index (χ4n) is 3.07. The molecule has 0 saturated heterocycles. The van der Waals surface area contributed by atoms with E-state index in [0.717, 1.165) is 12.0 Å². The number of aryl methyl sites for hydroxylation is 1. The van der Waals surface area contributed by atoms with Crippen molar-refractivity contribution in [2.24, 2.45) is 5.73 Å². The number of rotatable bonds is 2. The van der Waals surface area contributed by atoms with E-state index < -0.39 is 0 Å². The van der Waals surface area contributed by atoms with Crippen LogP contribution in [-0.4, -0.2) is 6.10 Å². The molecule has 2 nitrogen and oxygen atoms in total. The highest BCUT2D eigenvalue weighted by Crippen LogP contribution is 2.39. The first-order valence-corrected chi connectivity index (χ1v) is 7.71. The third-order valence-electron chi connectivity index (χ3n) is 4.24. The average Bonchev–Trinajstić information content (AvgIpc) is 2.47. The molecule has 0 radical (unpaired) electrons. The molecule has 0 bridgehead atoms. The van der Waals surface area contributed by atoms with E-state index in [4.69, 9.17) is 22.1 Å². The standard InChI is InChI=1S/C18H20ClNO/c1-11-7-8-16(15(19)9-11)21-17-10-12(2)13-5-3-4-6-14(13)18(17)20/h3-9,12,17-18H,10,20H2,1-2H3. The number of nitrogens with two attached hydrogens (primary N) is 1. The number of benzene rings is 2. The molecule has 0 spiro atoms. The number of hydrogen-bond acceptors (Lipinski definition) is 2. The Labute approximate surface area is 130 Å². The van der Waals surface area contributed by atoms with Crippen molar-refractivity contribution in [1.82, 2.24) is 0 Å². The second-order valence-corrected chi connectivity index (χ2v) is 6.29. The molecule has 3 rings (SSSR count). The molecule has 0 heterocycles. The maximum Gasteiger partial charge on any atom is 0.138 e. The van der Waals surface area contributed by atoms with Crippen LogP contribution in [-0.2, 0) is 0 Å². The minimum Gasteiger partial charge on any atom is -0.487 e. The third kappa shape index (κ3) is 2.78. The normalized spacial score (nSPS) is 24.5. The first-order valence-electron chi connectivity index (χ1n) is 7.33. The fourth-order valence-corrected chi connectivity index (χ4v) is 3.35. The Morgan fingerprint density at radius 3 is 2.57 bits per heavy atom. The van der Waals surface area contributed by atoms with E-state index in [-0.39, 0.29) is 12.1 Å². The molecule has 3 atom stereocenters. The van der Waals surface area contributed by atoms with Gasteiger partial charge in [-0.15, -0.1) is 0 Å². The molecule has 3 heteroatoms. The van der Waals surface area contributed by atoms with E-state index in [0.29, 0.717) is 16.7 Å². The predicted octanol–water partition coefficient (Wildman–Crippen LogP) is 4.60. The molecule has 1 aliphatic carbocycles. The Bertz CT molecular complexity index is 655. The minimum atomic E-state index is -0.116. The molecule has 110 valence electrons. The largest absolute Gasteiger partial charge is 0.487 e. The lowest BCUT2D eigenvalue weighted by Crippen LogP contribution is -2.37. The highest BCUT2D eigenvalue weighted by Gasteiger charge is 2.32. The Morgan fingerprint density at radius 1 is 1.14 bits per heavy atom. The van der Waals surface area contributed by atoms with Crippen LogP contribution in [0.25, 0.3) is 0 Å². The van der Waals surface area contributed by atoms with Gasteiger partial charge in [-0.25, -0.2) is 0 Å². The van der Waals surface area contributed by atoms with Crippen molar-refractivity contribution < 1.29 is 4.74 Å². The number of fused-ring (bicyclic) bond motifs is 1. The van der Waals surface area contributed by atoms with E-state index in [1.165, 1.54) is 11.1 Å². The molecule has 21 heavy (non-hydrogen) atoms. The first-order chi connectivity index (χ1) is 10.1. The second kappa shape index (κ2) is 5.70. The summed E-state index contributed by atoms with van der Waals surface area (Å²) in [6.45, 7) is 4.23. The van der Waals surface area contributed by atoms with Crippen molar-refractivity contribution >= 4 is 11.6 Å². The first kappa shape index (κ1) is 14.4. The molecule has 2 N–H and O–H groups in total. The van der Waals surface area contributed by atoms with E-state index in [2.05, 4.69) is 25.1 Å². The molecule has 0 aliphatic heterocycles. The van der Waals surface area contributed by atoms with E-state index in [9.17, 15) is 0 Å². The van der Waals surface area contributed by atoms with Crippen molar-refractivity contribution in [3.63, 3.8) is 0 Å². The van der Waals surface area contributed by atoms with Gasteiger partial charge in [-0.1, -0.05) is 48.9 Å². The van der Waals surface area contributed by atoms with Crippen molar-refractivity contribution in [3.05, 3.63) is 64.2 Å². The average molecular weight is 302 g/mol. The minimum absolute atomic E-state index is 0.0462. The summed E-state index contributed by atoms with van der Waals surface area (Å²) in [7, 11) is 0. The fraction of sp³-hybridized carbons (Fsp3) is 0.333. The summed E-state index contributed by atoms with van der Waals surface area (Å²) in [5.74, 6) is 1.16. The molecule has 0 saturated carbocycles. The van der Waals surface area contributed by atoms with Crippen molar-refractivity contribution in [2.45, 2.75) is 38.3 Å². The highest BCUT2D eigenvalue weighted by molar-refractivity contribution is 6.32. The van der Waals surface area contributed by atoms with Crippen LogP contribution >= 0.6 is 11.6 Å². The van der Waals surface area contributed by atoms with Gasteiger partial charge in [0.25, 0.3) is 0 Å². The van der Waals surface area contributed by atoms with Crippen LogP contribution in [0.4, 0.5) is 0 Å². The summed E-state index contributed by atoms with van der Waals surface area (Å²) in [6.07, 6.45) is 0.859. The smallest absolute Gasteiger partial charge is 0.138 e. The lowest BCUT2D eigenvalue weighted by molar-refractivity contribution is 0.144. The SMILES string of the molecule is Cc1ccc(OC2CC(C)c3ccccc3C2N)c(Cl)c1. The zero-order valence-electron chi connectivity index (χ0n) is 12.3. The number of ether oxygens (including phenoxy) is 1. The maximum atomic E-state index is 6.41. The molecule has 1 aliphatic rings. The van der Waals surface area contributed by atoms with E-state index in [1.54, 1.807) is 0 Å². The Balaban J connectivity index is 1.87. The Hall–Kier alpha value is -1.51. The van der Waals surface area contributed by atoms with Gasteiger partial charge in [-0.05, 0) is 48.1 Å². The lowest BCUT2D eigenvalue weighted by atomic mass is 9.79. The molecular formula is C18H20ClNO. The zero-order chi connectivity index (χ0) is 15.0. The molecule has 2 aromatic rings. The van der Waals surface area contributed by atoms with Crippen LogP contribution in [0.1, 0.15) is 42.0 Å². The summed E-state index contributed by atoms with van der Waals surface area (Å²) in [5, 5.41) is 0.647.